The Balaban J connectivity index is 2.36. The Morgan fingerprint density at radius 3 is 2.47 bits per heavy atom. The van der Waals surface area contributed by atoms with Crippen LogP contribution in [0.2, 0.25) is 0 Å². The number of aliphatic hydroxyl groups is 2. The molecular weight excluding hydrogens is 218 g/mol. The van der Waals surface area contributed by atoms with Gasteiger partial charge in [-0.1, -0.05) is 19.1 Å². The summed E-state index contributed by atoms with van der Waals surface area (Å²) in [5.41, 5.74) is 0.861. The van der Waals surface area contributed by atoms with Crippen molar-refractivity contribution in [3.05, 3.63) is 29.8 Å². The quantitative estimate of drug-likeness (QED) is 0.631. The molecule has 0 fully saturated rings. The van der Waals surface area contributed by atoms with Crippen LogP contribution in [-0.2, 0) is 6.61 Å². The highest BCUT2D eigenvalue weighted by Crippen LogP contribution is 2.12. The van der Waals surface area contributed by atoms with Gasteiger partial charge in [-0.2, -0.15) is 0 Å². The van der Waals surface area contributed by atoms with Crippen molar-refractivity contribution in [1.29, 1.82) is 0 Å². The van der Waals surface area contributed by atoms with Crippen LogP contribution in [0.25, 0.3) is 0 Å². The summed E-state index contributed by atoms with van der Waals surface area (Å²) in [6.45, 7) is 3.50. The Labute approximate surface area is 102 Å². The van der Waals surface area contributed by atoms with E-state index in [1.54, 1.807) is 0 Å². The van der Waals surface area contributed by atoms with Gasteiger partial charge in [0.15, 0.2) is 0 Å². The highest BCUT2D eigenvalue weighted by Gasteiger charge is 2.06. The van der Waals surface area contributed by atoms with E-state index >= 15 is 0 Å². The largest absolute Gasteiger partial charge is 0.492 e. The van der Waals surface area contributed by atoms with Crippen LogP contribution in [0.15, 0.2) is 24.3 Å². The van der Waals surface area contributed by atoms with E-state index in [1.807, 2.05) is 24.3 Å². The highest BCUT2D eigenvalue weighted by atomic mass is 16.5. The molecule has 0 saturated carbocycles. The first kappa shape index (κ1) is 14.0. The first-order valence-electron chi connectivity index (χ1n) is 5.97. The number of nitrogens with one attached hydrogen (secondary N) is 1. The zero-order chi connectivity index (χ0) is 12.5. The molecule has 0 amide bonds. The minimum absolute atomic E-state index is 0.0348. The second-order valence-electron chi connectivity index (χ2n) is 3.95. The minimum atomic E-state index is -0.0348. The van der Waals surface area contributed by atoms with Crippen LogP contribution in [0, 0.1) is 0 Å². The lowest BCUT2D eigenvalue weighted by Gasteiger charge is -2.16. The van der Waals surface area contributed by atoms with E-state index in [9.17, 15) is 0 Å². The van der Waals surface area contributed by atoms with Crippen LogP contribution in [-0.4, -0.2) is 36.0 Å². The Morgan fingerprint density at radius 2 is 1.94 bits per heavy atom. The summed E-state index contributed by atoms with van der Waals surface area (Å²) >= 11 is 0. The van der Waals surface area contributed by atoms with Gasteiger partial charge in [0.2, 0.25) is 0 Å². The highest BCUT2D eigenvalue weighted by molar-refractivity contribution is 5.26. The van der Waals surface area contributed by atoms with Crippen molar-refractivity contribution in [2.45, 2.75) is 26.0 Å². The third-order valence-electron chi connectivity index (χ3n) is 2.46. The van der Waals surface area contributed by atoms with Crippen LogP contribution >= 0.6 is 0 Å². The number of aliphatic hydroxyl groups excluding tert-OH is 2. The van der Waals surface area contributed by atoms with E-state index in [0.29, 0.717) is 6.61 Å². The van der Waals surface area contributed by atoms with E-state index in [1.165, 1.54) is 0 Å². The molecule has 0 aliphatic heterocycles. The maximum Gasteiger partial charge on any atom is 0.119 e. The molecule has 1 atom stereocenters. The van der Waals surface area contributed by atoms with E-state index < -0.39 is 0 Å². The van der Waals surface area contributed by atoms with Crippen molar-refractivity contribution in [1.82, 2.24) is 5.32 Å². The Morgan fingerprint density at radius 1 is 1.24 bits per heavy atom. The van der Waals surface area contributed by atoms with Gasteiger partial charge in [0.1, 0.15) is 12.4 Å². The van der Waals surface area contributed by atoms with Gasteiger partial charge >= 0.3 is 0 Å². The summed E-state index contributed by atoms with van der Waals surface area (Å²) in [7, 11) is 0. The molecule has 96 valence electrons. The number of benzene rings is 1. The Hall–Kier alpha value is -1.10. The van der Waals surface area contributed by atoms with Gasteiger partial charge in [-0.25, -0.2) is 0 Å². The molecule has 0 heterocycles. The van der Waals surface area contributed by atoms with E-state index in [4.69, 9.17) is 14.9 Å². The van der Waals surface area contributed by atoms with E-state index in [-0.39, 0.29) is 19.3 Å². The van der Waals surface area contributed by atoms with Crippen molar-refractivity contribution < 1.29 is 14.9 Å². The number of hydrogen-bond acceptors (Lipinski definition) is 4. The van der Waals surface area contributed by atoms with Gasteiger partial charge in [0.25, 0.3) is 0 Å². The molecule has 1 rings (SSSR count). The number of ether oxygens (including phenoxy) is 1. The standard InChI is InChI=1S/C13H21NO3/c1-2-7-14-12(9-16)10-17-13-5-3-11(8-15)4-6-13/h3-6,12,14-16H,2,7-10H2,1H3. The SMILES string of the molecule is CCCNC(CO)COc1ccc(CO)cc1. The Kier molecular flexibility index (Phi) is 6.62. The lowest BCUT2D eigenvalue weighted by Crippen LogP contribution is -2.38. The van der Waals surface area contributed by atoms with Crippen LogP contribution in [0.5, 0.6) is 5.75 Å². The van der Waals surface area contributed by atoms with Crippen LogP contribution in [0.4, 0.5) is 0 Å². The first-order valence-corrected chi connectivity index (χ1v) is 5.97. The normalized spacial score (nSPS) is 12.4. The smallest absolute Gasteiger partial charge is 0.119 e. The van der Waals surface area contributed by atoms with Crippen LogP contribution in [0.1, 0.15) is 18.9 Å². The second kappa shape index (κ2) is 8.06. The molecule has 3 N–H and O–H groups in total. The van der Waals surface area contributed by atoms with Crippen molar-refractivity contribution in [3.8, 4) is 5.75 Å². The number of hydrogen-bond donors (Lipinski definition) is 3. The summed E-state index contributed by atoms with van der Waals surface area (Å²) in [4.78, 5) is 0. The molecule has 1 unspecified atom stereocenters. The van der Waals surface area contributed by atoms with Gasteiger partial charge in [0, 0.05) is 0 Å². The van der Waals surface area contributed by atoms with Crippen molar-refractivity contribution in [3.63, 3.8) is 0 Å². The third-order valence-corrected chi connectivity index (χ3v) is 2.46. The molecule has 0 bridgehead atoms. The minimum Gasteiger partial charge on any atom is -0.492 e. The first-order chi connectivity index (χ1) is 8.30. The maximum absolute atomic E-state index is 9.14. The average molecular weight is 239 g/mol. The zero-order valence-corrected chi connectivity index (χ0v) is 10.2. The third kappa shape index (κ3) is 5.17. The molecule has 0 aliphatic carbocycles. The molecule has 4 nitrogen and oxygen atoms in total. The lowest BCUT2D eigenvalue weighted by atomic mass is 10.2. The fourth-order valence-electron chi connectivity index (χ4n) is 1.41. The monoisotopic (exact) mass is 239 g/mol. The van der Waals surface area contributed by atoms with Gasteiger partial charge < -0.3 is 20.3 Å². The Bertz CT molecular complexity index is 300. The molecule has 17 heavy (non-hydrogen) atoms. The van der Waals surface area contributed by atoms with Gasteiger partial charge in [-0.3, -0.25) is 0 Å². The molecule has 0 aliphatic rings. The van der Waals surface area contributed by atoms with Crippen molar-refractivity contribution in [2.75, 3.05) is 19.8 Å². The summed E-state index contributed by atoms with van der Waals surface area (Å²) in [6.07, 6.45) is 1.03. The molecule has 1 aromatic carbocycles. The van der Waals surface area contributed by atoms with Gasteiger partial charge in [-0.05, 0) is 30.7 Å². The van der Waals surface area contributed by atoms with E-state index in [0.717, 1.165) is 24.3 Å². The lowest BCUT2D eigenvalue weighted by molar-refractivity contribution is 0.183. The van der Waals surface area contributed by atoms with Gasteiger partial charge in [0.05, 0.1) is 19.3 Å². The molecular formula is C13H21NO3. The summed E-state index contributed by atoms with van der Waals surface area (Å²) in [5, 5.41) is 21.2. The molecule has 0 spiro atoms. The van der Waals surface area contributed by atoms with Gasteiger partial charge in [-0.15, -0.1) is 0 Å². The molecule has 4 heteroatoms. The van der Waals surface area contributed by atoms with E-state index in [2.05, 4.69) is 12.2 Å². The zero-order valence-electron chi connectivity index (χ0n) is 10.2. The molecule has 0 radical (unpaired) electrons. The average Bonchev–Trinajstić information content (AvgIpc) is 2.39. The maximum atomic E-state index is 9.14. The number of rotatable bonds is 8. The topological polar surface area (TPSA) is 61.7 Å². The predicted octanol–water partition coefficient (Wildman–Crippen LogP) is 0.918. The van der Waals surface area contributed by atoms with Crippen molar-refractivity contribution in [2.24, 2.45) is 0 Å². The molecule has 1 aromatic rings. The fraction of sp³-hybridized carbons (Fsp3) is 0.538. The molecule has 0 aromatic heterocycles. The van der Waals surface area contributed by atoms with Crippen LogP contribution in [0.3, 0.4) is 0 Å². The second-order valence-corrected chi connectivity index (χ2v) is 3.95. The summed E-state index contributed by atoms with van der Waals surface area (Å²) in [5.74, 6) is 0.749. The van der Waals surface area contributed by atoms with Crippen molar-refractivity contribution >= 4 is 0 Å². The summed E-state index contributed by atoms with van der Waals surface area (Å²) < 4.78 is 5.55. The van der Waals surface area contributed by atoms with Crippen LogP contribution < -0.4 is 10.1 Å². The molecule has 0 saturated heterocycles. The predicted molar refractivity (Wildman–Crippen MR) is 67.0 cm³/mol. The fourth-order valence-corrected chi connectivity index (χ4v) is 1.41. The summed E-state index contributed by atoms with van der Waals surface area (Å²) in [6, 6.07) is 7.25.